The van der Waals surface area contributed by atoms with Crippen molar-refractivity contribution in [2.24, 2.45) is 5.92 Å². The van der Waals surface area contributed by atoms with Crippen LogP contribution in [0.4, 0.5) is 11.4 Å². The molecule has 0 bridgehead atoms. The summed E-state index contributed by atoms with van der Waals surface area (Å²) in [5.74, 6) is -1.03. The molecule has 252 valence electrons. The fourth-order valence-corrected chi connectivity index (χ4v) is 10.7. The summed E-state index contributed by atoms with van der Waals surface area (Å²) in [7, 11) is -1.46. The van der Waals surface area contributed by atoms with E-state index in [-0.39, 0.29) is 49.8 Å². The molecular formula is C34H43N3O9Si. The van der Waals surface area contributed by atoms with Gasteiger partial charge in [-0.05, 0) is 61.8 Å². The molecule has 47 heavy (non-hydrogen) atoms. The highest BCUT2D eigenvalue weighted by Crippen LogP contribution is 2.60. The molecule has 2 N–H and O–H groups in total. The number of aliphatic hydroxyl groups excluding tert-OH is 1. The minimum Gasteiger partial charge on any atom is -0.497 e. The molecule has 13 heteroatoms. The van der Waals surface area contributed by atoms with Crippen LogP contribution in [0.5, 0.6) is 5.75 Å². The predicted octanol–water partition coefficient (Wildman–Crippen LogP) is 3.04. The van der Waals surface area contributed by atoms with Gasteiger partial charge in [0, 0.05) is 36.2 Å². The Labute approximate surface area is 275 Å². The molecule has 4 aliphatic heterocycles. The van der Waals surface area contributed by atoms with E-state index in [0.717, 1.165) is 18.4 Å². The molecule has 0 radical (unpaired) electrons. The van der Waals surface area contributed by atoms with Crippen LogP contribution in [0.1, 0.15) is 50.7 Å². The molecule has 3 saturated heterocycles. The third kappa shape index (κ3) is 5.62. The second kappa shape index (κ2) is 12.3. The van der Waals surface area contributed by atoms with E-state index in [9.17, 15) is 29.1 Å². The Kier molecular flexibility index (Phi) is 8.70. The number of carbonyl (C=O) groups is 4. The number of β-lactam (4-membered cyclic amide) rings is 1. The van der Waals surface area contributed by atoms with Crippen LogP contribution in [0.25, 0.3) is 0 Å². The maximum absolute atomic E-state index is 14.8. The average Bonchev–Trinajstić information content (AvgIpc) is 3.67. The molecule has 3 amide bonds. The summed E-state index contributed by atoms with van der Waals surface area (Å²) in [6.07, 6.45) is 0.247. The highest BCUT2D eigenvalue weighted by Gasteiger charge is 2.66. The maximum atomic E-state index is 14.8. The van der Waals surface area contributed by atoms with Crippen LogP contribution in [0.2, 0.25) is 18.6 Å². The number of likely N-dealkylation sites (tertiary alicyclic amines) is 1. The van der Waals surface area contributed by atoms with E-state index in [0.29, 0.717) is 29.2 Å². The van der Waals surface area contributed by atoms with Crippen molar-refractivity contribution in [3.63, 3.8) is 0 Å². The average molecular weight is 666 g/mol. The SMILES string of the molecule is COc1ccc2c(c1)[C@]1(O[C@@H](CC(=O)N3CCC[C@H]3CO)[C@H]([Si](C)(C)O)[C@H]1C)C(=O)N2Cc1cccc(N2C(=O)CC2OC(C)=O)c1. The molecular weight excluding hydrogens is 622 g/mol. The fourth-order valence-electron chi connectivity index (χ4n) is 8.15. The van der Waals surface area contributed by atoms with Crippen molar-refractivity contribution in [1.82, 2.24) is 4.90 Å². The maximum Gasteiger partial charge on any atom is 0.304 e. The highest BCUT2D eigenvalue weighted by molar-refractivity contribution is 6.71. The molecule has 4 aliphatic rings. The molecule has 0 aliphatic carbocycles. The lowest BCUT2D eigenvalue weighted by Crippen LogP contribution is -2.54. The zero-order valence-electron chi connectivity index (χ0n) is 27.5. The van der Waals surface area contributed by atoms with Gasteiger partial charge in [0.1, 0.15) is 5.75 Å². The number of carbonyl (C=O) groups excluding carboxylic acids is 4. The molecule has 6 atom stereocenters. The molecule has 4 heterocycles. The van der Waals surface area contributed by atoms with Crippen molar-refractivity contribution in [3.8, 4) is 5.75 Å². The van der Waals surface area contributed by atoms with Gasteiger partial charge in [0.2, 0.25) is 11.8 Å². The lowest BCUT2D eigenvalue weighted by atomic mass is 9.82. The largest absolute Gasteiger partial charge is 0.497 e. The molecule has 0 saturated carbocycles. The van der Waals surface area contributed by atoms with Crippen LogP contribution < -0.4 is 14.5 Å². The van der Waals surface area contributed by atoms with Gasteiger partial charge in [0.15, 0.2) is 20.1 Å². The van der Waals surface area contributed by atoms with Gasteiger partial charge in [0.05, 0.1) is 50.9 Å². The van der Waals surface area contributed by atoms with E-state index < -0.39 is 43.7 Å². The van der Waals surface area contributed by atoms with Crippen LogP contribution >= 0.6 is 0 Å². The van der Waals surface area contributed by atoms with Crippen molar-refractivity contribution in [2.75, 3.05) is 30.1 Å². The Morgan fingerprint density at radius 3 is 2.57 bits per heavy atom. The first-order valence-electron chi connectivity index (χ1n) is 16.2. The Hall–Kier alpha value is -3.78. The number of benzene rings is 2. The van der Waals surface area contributed by atoms with Crippen molar-refractivity contribution >= 4 is 43.4 Å². The molecule has 2 aromatic rings. The Balaban J connectivity index is 1.35. The number of nitrogens with zero attached hydrogens (tertiary/aromatic N) is 3. The summed E-state index contributed by atoms with van der Waals surface area (Å²) in [5, 5.41) is 9.85. The summed E-state index contributed by atoms with van der Waals surface area (Å²) in [6, 6.07) is 12.4. The summed E-state index contributed by atoms with van der Waals surface area (Å²) in [5.41, 5.74) is 0.634. The number of amides is 3. The molecule has 1 spiro atoms. The summed E-state index contributed by atoms with van der Waals surface area (Å²) < 4.78 is 17.7. The van der Waals surface area contributed by atoms with E-state index in [1.54, 1.807) is 47.2 Å². The van der Waals surface area contributed by atoms with E-state index in [1.165, 1.54) is 11.8 Å². The van der Waals surface area contributed by atoms with Gasteiger partial charge < -0.3 is 33.9 Å². The van der Waals surface area contributed by atoms with Gasteiger partial charge in [0.25, 0.3) is 5.91 Å². The lowest BCUT2D eigenvalue weighted by molar-refractivity contribution is -0.154. The van der Waals surface area contributed by atoms with E-state index >= 15 is 0 Å². The Morgan fingerprint density at radius 1 is 1.15 bits per heavy atom. The van der Waals surface area contributed by atoms with Crippen LogP contribution in [-0.2, 0) is 40.8 Å². The summed E-state index contributed by atoms with van der Waals surface area (Å²) in [4.78, 5) is 68.9. The standard InChI is InChI=1S/C34H43N3O9Si/c1-20-32(47(4,5)43)28(16-29(40)35-13-7-10-24(35)19-38)46-34(20)26-15-25(44-3)11-12-27(26)36(33(34)42)18-22-8-6-9-23(14-22)37-30(41)17-31(37)45-21(2)39/h6,8-9,11-12,14-15,20,24,28,31-32,38,43H,7,10,13,16-19H2,1-5H3/t20-,24+,28+,31?,32-,34+/m1/s1. The molecule has 6 rings (SSSR count). The summed E-state index contributed by atoms with van der Waals surface area (Å²) in [6.45, 7) is 7.45. The zero-order valence-corrected chi connectivity index (χ0v) is 28.5. The first kappa shape index (κ1) is 33.1. The molecule has 1 unspecified atom stereocenters. The third-order valence-corrected chi connectivity index (χ3v) is 12.7. The van der Waals surface area contributed by atoms with Gasteiger partial charge in [-0.25, -0.2) is 0 Å². The number of esters is 1. The lowest BCUT2D eigenvalue weighted by Gasteiger charge is -2.39. The monoisotopic (exact) mass is 665 g/mol. The van der Waals surface area contributed by atoms with E-state index in [1.807, 2.05) is 32.2 Å². The highest BCUT2D eigenvalue weighted by atomic mass is 28.4. The number of ether oxygens (including phenoxy) is 3. The van der Waals surface area contributed by atoms with Gasteiger partial charge in [-0.2, -0.15) is 0 Å². The minimum atomic E-state index is -3.01. The van der Waals surface area contributed by atoms with Crippen molar-refractivity contribution in [3.05, 3.63) is 53.6 Å². The smallest absolute Gasteiger partial charge is 0.304 e. The number of anilines is 2. The molecule has 2 aromatic carbocycles. The second-order valence-corrected chi connectivity index (χ2v) is 17.6. The van der Waals surface area contributed by atoms with Crippen LogP contribution in [0, 0.1) is 5.92 Å². The Morgan fingerprint density at radius 2 is 1.91 bits per heavy atom. The van der Waals surface area contributed by atoms with E-state index in [4.69, 9.17) is 14.2 Å². The van der Waals surface area contributed by atoms with Gasteiger partial charge >= 0.3 is 5.97 Å². The van der Waals surface area contributed by atoms with Crippen LogP contribution in [-0.4, -0.2) is 85.4 Å². The van der Waals surface area contributed by atoms with Crippen LogP contribution in [0.3, 0.4) is 0 Å². The quantitative estimate of drug-likeness (QED) is 0.235. The minimum absolute atomic E-state index is 0.00770. The summed E-state index contributed by atoms with van der Waals surface area (Å²) >= 11 is 0. The third-order valence-electron chi connectivity index (χ3n) is 10.2. The van der Waals surface area contributed by atoms with Gasteiger partial charge in [-0.3, -0.25) is 24.1 Å². The predicted molar refractivity (Wildman–Crippen MR) is 174 cm³/mol. The Bertz CT molecular complexity index is 1590. The normalized spacial score (nSPS) is 28.6. The number of rotatable bonds is 9. The molecule has 0 aromatic heterocycles. The first-order chi connectivity index (χ1) is 22.3. The number of methoxy groups -OCH3 is 1. The second-order valence-electron chi connectivity index (χ2n) is 13.6. The molecule has 3 fully saturated rings. The van der Waals surface area contributed by atoms with Crippen molar-refractivity contribution < 1.29 is 43.3 Å². The van der Waals surface area contributed by atoms with Crippen molar-refractivity contribution in [2.45, 2.75) is 88.7 Å². The van der Waals surface area contributed by atoms with Crippen LogP contribution in [0.15, 0.2) is 42.5 Å². The first-order valence-corrected chi connectivity index (χ1v) is 19.2. The number of aliphatic hydroxyl groups is 1. The topological polar surface area (TPSA) is 146 Å². The zero-order chi connectivity index (χ0) is 33.8. The van der Waals surface area contributed by atoms with E-state index in [2.05, 4.69) is 0 Å². The number of fused-ring (bicyclic) bond motifs is 2. The molecule has 12 nitrogen and oxygen atoms in total. The van der Waals surface area contributed by atoms with Gasteiger partial charge in [-0.15, -0.1) is 0 Å². The number of hydrogen-bond donors (Lipinski definition) is 2. The number of hydrogen-bond acceptors (Lipinski definition) is 9. The van der Waals surface area contributed by atoms with Gasteiger partial charge in [-0.1, -0.05) is 19.1 Å². The van der Waals surface area contributed by atoms with Crippen molar-refractivity contribution in [1.29, 1.82) is 0 Å². The fraction of sp³-hybridized carbons (Fsp3) is 0.529.